The molecule has 162 valence electrons. The van der Waals surface area contributed by atoms with Crippen molar-refractivity contribution in [3.63, 3.8) is 0 Å². The number of carboxylic acid groups (broad SMARTS) is 2. The Balaban J connectivity index is 0.000000366. The first kappa shape index (κ1) is 23.4. The van der Waals surface area contributed by atoms with Crippen LogP contribution >= 0.6 is 0 Å². The van der Waals surface area contributed by atoms with E-state index >= 15 is 0 Å². The van der Waals surface area contributed by atoms with Gasteiger partial charge in [0.15, 0.2) is 5.03 Å². The van der Waals surface area contributed by atoms with E-state index in [1.54, 1.807) is 12.3 Å². The Bertz CT molecular complexity index is 1140. The highest BCUT2D eigenvalue weighted by Crippen LogP contribution is 2.26. The van der Waals surface area contributed by atoms with Crippen LogP contribution in [0.1, 0.15) is 5.56 Å². The lowest BCUT2D eigenvalue weighted by Crippen LogP contribution is -2.15. The molecule has 0 amide bonds. The van der Waals surface area contributed by atoms with Crippen LogP contribution in [0, 0.1) is 0 Å². The molecule has 0 bridgehead atoms. The van der Waals surface area contributed by atoms with Gasteiger partial charge in [-0.3, -0.25) is 0 Å². The third-order valence-corrected chi connectivity index (χ3v) is 5.30. The molecule has 0 aliphatic heterocycles. The van der Waals surface area contributed by atoms with Gasteiger partial charge in [-0.2, -0.15) is 13.5 Å². The SMILES string of the molecule is CNCc1cc(-c2ccccc2)n(S(=O)(=O)c2cccnn2)c1.O=C(O)/C=C/C(=O)O. The summed E-state index contributed by atoms with van der Waals surface area (Å²) in [4.78, 5) is 19.1. The second-order valence-electron chi connectivity index (χ2n) is 6.00. The van der Waals surface area contributed by atoms with Crippen molar-refractivity contribution in [2.24, 2.45) is 0 Å². The zero-order valence-electron chi connectivity index (χ0n) is 16.4. The first-order chi connectivity index (χ1) is 14.8. The molecular weight excluding hydrogens is 424 g/mol. The maximum absolute atomic E-state index is 12.9. The van der Waals surface area contributed by atoms with Gasteiger partial charge in [0.25, 0.3) is 10.0 Å². The molecule has 0 saturated carbocycles. The largest absolute Gasteiger partial charge is 0.478 e. The Morgan fingerprint density at radius 2 is 1.71 bits per heavy atom. The molecule has 1 aromatic carbocycles. The van der Waals surface area contributed by atoms with E-state index in [-0.39, 0.29) is 5.03 Å². The number of rotatable bonds is 7. The Morgan fingerprint density at radius 1 is 1.06 bits per heavy atom. The molecule has 3 N–H and O–H groups in total. The van der Waals surface area contributed by atoms with Crippen LogP contribution in [0.15, 0.2) is 78.1 Å². The fourth-order valence-electron chi connectivity index (χ4n) is 2.48. The quantitative estimate of drug-likeness (QED) is 0.462. The number of hydrogen-bond acceptors (Lipinski definition) is 7. The second kappa shape index (κ2) is 10.8. The van der Waals surface area contributed by atoms with E-state index in [1.165, 1.54) is 16.2 Å². The minimum Gasteiger partial charge on any atom is -0.478 e. The average molecular weight is 444 g/mol. The van der Waals surface area contributed by atoms with E-state index in [2.05, 4.69) is 15.5 Å². The number of carboxylic acids is 2. The number of aromatic nitrogens is 3. The van der Waals surface area contributed by atoms with Crippen molar-refractivity contribution in [2.75, 3.05) is 7.05 Å². The molecule has 2 heterocycles. The zero-order valence-corrected chi connectivity index (χ0v) is 17.2. The molecule has 0 aliphatic rings. The first-order valence-corrected chi connectivity index (χ1v) is 10.3. The van der Waals surface area contributed by atoms with Crippen molar-refractivity contribution < 1.29 is 28.2 Å². The Morgan fingerprint density at radius 3 is 2.23 bits per heavy atom. The molecule has 31 heavy (non-hydrogen) atoms. The molecule has 3 aromatic rings. The van der Waals surface area contributed by atoms with Gasteiger partial charge in [-0.1, -0.05) is 30.3 Å². The minimum absolute atomic E-state index is 0.0798. The lowest BCUT2D eigenvalue weighted by Gasteiger charge is -2.09. The summed E-state index contributed by atoms with van der Waals surface area (Å²) in [6, 6.07) is 14.2. The summed E-state index contributed by atoms with van der Waals surface area (Å²) in [5.41, 5.74) is 2.29. The van der Waals surface area contributed by atoms with E-state index in [0.29, 0.717) is 24.4 Å². The van der Waals surface area contributed by atoms with Crippen molar-refractivity contribution in [1.29, 1.82) is 0 Å². The fraction of sp³-hybridized carbons (Fsp3) is 0.100. The molecule has 2 aromatic heterocycles. The van der Waals surface area contributed by atoms with Gasteiger partial charge in [0.05, 0.1) is 5.69 Å². The van der Waals surface area contributed by atoms with Crippen molar-refractivity contribution in [2.45, 2.75) is 11.6 Å². The van der Waals surface area contributed by atoms with Gasteiger partial charge in [-0.25, -0.2) is 13.6 Å². The second-order valence-corrected chi connectivity index (χ2v) is 7.76. The van der Waals surface area contributed by atoms with Crippen LogP contribution in [0.2, 0.25) is 0 Å². The van der Waals surface area contributed by atoms with Crippen molar-refractivity contribution in [1.82, 2.24) is 19.5 Å². The molecule has 0 radical (unpaired) electrons. The topological polar surface area (TPSA) is 151 Å². The highest BCUT2D eigenvalue weighted by atomic mass is 32.2. The molecular formula is C20H20N4O6S. The maximum atomic E-state index is 12.9. The summed E-state index contributed by atoms with van der Waals surface area (Å²) in [6.45, 7) is 0.572. The Hall–Kier alpha value is -3.83. The smallest absolute Gasteiger partial charge is 0.328 e. The third kappa shape index (κ3) is 6.59. The number of benzene rings is 1. The summed E-state index contributed by atoms with van der Waals surface area (Å²) in [5.74, 6) is -2.51. The highest BCUT2D eigenvalue weighted by Gasteiger charge is 2.23. The minimum atomic E-state index is -3.80. The summed E-state index contributed by atoms with van der Waals surface area (Å²) in [6.07, 6.45) is 4.17. The maximum Gasteiger partial charge on any atom is 0.328 e. The molecule has 10 nitrogen and oxygen atoms in total. The molecule has 0 fully saturated rings. The van der Waals surface area contributed by atoms with Gasteiger partial charge in [0.2, 0.25) is 0 Å². The van der Waals surface area contributed by atoms with Gasteiger partial charge in [0, 0.05) is 31.1 Å². The molecule has 3 rings (SSSR count). The molecule has 11 heteroatoms. The summed E-state index contributed by atoms with van der Waals surface area (Å²) in [5, 5.41) is 26.0. The van der Waals surface area contributed by atoms with Crippen LogP contribution in [-0.4, -0.2) is 51.8 Å². The van der Waals surface area contributed by atoms with Gasteiger partial charge in [-0.05, 0) is 36.4 Å². The number of aliphatic carboxylic acids is 2. The number of nitrogens with zero attached hydrogens (tertiary/aromatic N) is 3. The summed E-state index contributed by atoms with van der Waals surface area (Å²) >= 11 is 0. The van der Waals surface area contributed by atoms with E-state index in [9.17, 15) is 18.0 Å². The third-order valence-electron chi connectivity index (χ3n) is 3.73. The van der Waals surface area contributed by atoms with Crippen molar-refractivity contribution >= 4 is 22.0 Å². The van der Waals surface area contributed by atoms with Gasteiger partial charge < -0.3 is 15.5 Å². The Labute approximate surface area is 178 Å². The lowest BCUT2D eigenvalue weighted by atomic mass is 10.1. The normalized spacial score (nSPS) is 11.0. The van der Waals surface area contributed by atoms with Gasteiger partial charge in [0.1, 0.15) is 0 Å². The van der Waals surface area contributed by atoms with Crippen LogP contribution in [0.4, 0.5) is 0 Å². The highest BCUT2D eigenvalue weighted by molar-refractivity contribution is 7.90. The lowest BCUT2D eigenvalue weighted by molar-refractivity contribution is -0.134. The van der Waals surface area contributed by atoms with Crippen LogP contribution in [0.25, 0.3) is 11.3 Å². The van der Waals surface area contributed by atoms with Crippen LogP contribution in [0.5, 0.6) is 0 Å². The summed E-state index contributed by atoms with van der Waals surface area (Å²) in [7, 11) is -1.98. The predicted octanol–water partition coefficient (Wildman–Crippen LogP) is 1.61. The molecule has 0 spiro atoms. The molecule has 0 aliphatic carbocycles. The molecule has 0 saturated heterocycles. The fourth-order valence-corrected chi connectivity index (χ4v) is 3.78. The average Bonchev–Trinajstić information content (AvgIpc) is 3.19. The summed E-state index contributed by atoms with van der Waals surface area (Å²) < 4.78 is 27.0. The van der Waals surface area contributed by atoms with Crippen molar-refractivity contribution in [3.05, 3.63) is 78.6 Å². The zero-order chi connectivity index (χ0) is 22.9. The van der Waals surface area contributed by atoms with Gasteiger partial charge in [-0.15, -0.1) is 5.10 Å². The molecule has 0 unspecified atom stereocenters. The van der Waals surface area contributed by atoms with E-state index in [0.717, 1.165) is 11.1 Å². The number of hydrogen-bond donors (Lipinski definition) is 3. The van der Waals surface area contributed by atoms with Gasteiger partial charge >= 0.3 is 11.9 Å². The van der Waals surface area contributed by atoms with E-state index in [4.69, 9.17) is 10.2 Å². The predicted molar refractivity (Wildman–Crippen MR) is 112 cm³/mol. The van der Waals surface area contributed by atoms with Crippen LogP contribution in [0.3, 0.4) is 0 Å². The molecule has 0 atom stereocenters. The van der Waals surface area contributed by atoms with Crippen LogP contribution < -0.4 is 5.32 Å². The van der Waals surface area contributed by atoms with E-state index in [1.807, 2.05) is 43.4 Å². The van der Waals surface area contributed by atoms with Crippen molar-refractivity contribution in [3.8, 4) is 11.3 Å². The first-order valence-electron chi connectivity index (χ1n) is 8.84. The Kier molecular flexibility index (Phi) is 8.17. The standard InChI is InChI=1S/C16H16N4O2S.C4H4O4/c1-17-11-13-10-15(14-6-3-2-4-7-14)20(12-13)23(21,22)16-8-5-9-18-19-16;5-3(6)1-2-4(7)8/h2-10,12,17H,11H2,1H3;1-2H,(H,5,6)(H,7,8)/b;2-1+. The number of nitrogens with one attached hydrogen (secondary N) is 1. The monoisotopic (exact) mass is 444 g/mol. The number of carbonyl (C=O) groups is 2. The van der Waals surface area contributed by atoms with E-state index < -0.39 is 22.0 Å². The van der Waals surface area contributed by atoms with Crippen LogP contribution in [-0.2, 0) is 26.2 Å².